The Morgan fingerprint density at radius 2 is 1.90 bits per heavy atom. The Balaban J connectivity index is 2.34. The Morgan fingerprint density at radius 3 is 2.45 bits per heavy atom. The van der Waals surface area contributed by atoms with Gasteiger partial charge >= 0.3 is 5.97 Å². The lowest BCUT2D eigenvalue weighted by Gasteiger charge is -2.30. The van der Waals surface area contributed by atoms with E-state index in [-0.39, 0.29) is 17.7 Å². The molecule has 1 fully saturated rings. The van der Waals surface area contributed by atoms with Gasteiger partial charge in [0.1, 0.15) is 0 Å². The van der Waals surface area contributed by atoms with E-state index in [0.29, 0.717) is 32.5 Å². The normalized spacial score (nSPS) is 16.4. The van der Waals surface area contributed by atoms with Gasteiger partial charge in [0.15, 0.2) is 0 Å². The Labute approximate surface area is 118 Å². The zero-order chi connectivity index (χ0) is 15.0. The fourth-order valence-corrected chi connectivity index (χ4v) is 2.14. The summed E-state index contributed by atoms with van der Waals surface area (Å²) in [6.07, 6.45) is 5.18. The van der Waals surface area contributed by atoms with Crippen molar-refractivity contribution in [1.29, 1.82) is 0 Å². The summed E-state index contributed by atoms with van der Waals surface area (Å²) in [5.41, 5.74) is 0. The molecule has 0 atom stereocenters. The molecular formula is C14H22N2O4. The highest BCUT2D eigenvalue weighted by Crippen LogP contribution is 2.17. The van der Waals surface area contributed by atoms with Crippen LogP contribution in [-0.4, -0.2) is 47.4 Å². The van der Waals surface area contributed by atoms with Crippen molar-refractivity contribution in [3.05, 3.63) is 12.2 Å². The van der Waals surface area contributed by atoms with Crippen molar-refractivity contribution in [3.8, 4) is 0 Å². The molecule has 0 saturated carbocycles. The molecule has 6 heteroatoms. The minimum absolute atomic E-state index is 0.0423. The van der Waals surface area contributed by atoms with Gasteiger partial charge in [-0.25, -0.2) is 4.79 Å². The molecule has 6 nitrogen and oxygen atoms in total. The minimum atomic E-state index is -1.14. The van der Waals surface area contributed by atoms with Crippen LogP contribution in [0, 0.1) is 5.92 Å². The molecule has 1 rings (SSSR count). The Hall–Kier alpha value is -1.85. The van der Waals surface area contributed by atoms with Crippen LogP contribution in [0.5, 0.6) is 0 Å². The third-order valence-electron chi connectivity index (χ3n) is 3.38. The second-order valence-electron chi connectivity index (χ2n) is 4.92. The zero-order valence-electron chi connectivity index (χ0n) is 11.8. The Kier molecular flexibility index (Phi) is 6.76. The molecule has 0 aromatic carbocycles. The molecule has 2 amide bonds. The number of likely N-dealkylation sites (tertiary alicyclic amines) is 1. The molecule has 0 aromatic heterocycles. The highest BCUT2D eigenvalue weighted by molar-refractivity contribution is 5.94. The quantitative estimate of drug-likeness (QED) is 0.557. The molecule has 1 aliphatic rings. The van der Waals surface area contributed by atoms with E-state index in [1.807, 2.05) is 0 Å². The molecule has 2 N–H and O–H groups in total. The van der Waals surface area contributed by atoms with Gasteiger partial charge in [0.25, 0.3) is 0 Å². The van der Waals surface area contributed by atoms with Gasteiger partial charge in [-0.05, 0) is 19.3 Å². The van der Waals surface area contributed by atoms with E-state index in [9.17, 15) is 14.4 Å². The van der Waals surface area contributed by atoms with E-state index in [1.165, 1.54) is 0 Å². The van der Waals surface area contributed by atoms with Crippen LogP contribution in [0.15, 0.2) is 12.2 Å². The number of unbranched alkanes of at least 4 members (excludes halogenated alkanes) is 1. The van der Waals surface area contributed by atoms with E-state index in [4.69, 9.17) is 5.11 Å². The van der Waals surface area contributed by atoms with Crippen molar-refractivity contribution >= 4 is 17.8 Å². The lowest BCUT2D eigenvalue weighted by Crippen LogP contribution is -2.42. The summed E-state index contributed by atoms with van der Waals surface area (Å²) in [5, 5.41) is 11.4. The van der Waals surface area contributed by atoms with Gasteiger partial charge in [0.05, 0.1) is 0 Å². The molecule has 1 aliphatic heterocycles. The van der Waals surface area contributed by atoms with Crippen molar-refractivity contribution in [2.45, 2.75) is 32.6 Å². The third kappa shape index (κ3) is 5.42. The topological polar surface area (TPSA) is 86.7 Å². The summed E-state index contributed by atoms with van der Waals surface area (Å²) in [5.74, 6) is -1.42. The number of aliphatic carboxylic acids is 1. The van der Waals surface area contributed by atoms with E-state index >= 15 is 0 Å². The number of amides is 2. The van der Waals surface area contributed by atoms with Crippen LogP contribution >= 0.6 is 0 Å². The van der Waals surface area contributed by atoms with Crippen LogP contribution in [-0.2, 0) is 14.4 Å². The molecular weight excluding hydrogens is 260 g/mol. The van der Waals surface area contributed by atoms with E-state index in [1.54, 1.807) is 4.90 Å². The minimum Gasteiger partial charge on any atom is -0.478 e. The fraction of sp³-hybridized carbons (Fsp3) is 0.643. The maximum absolute atomic E-state index is 11.9. The van der Waals surface area contributed by atoms with Crippen LogP contribution in [0.1, 0.15) is 32.6 Å². The first-order chi connectivity index (χ1) is 9.54. The highest BCUT2D eigenvalue weighted by atomic mass is 16.4. The van der Waals surface area contributed by atoms with Crippen LogP contribution in [0.3, 0.4) is 0 Å². The lowest BCUT2D eigenvalue weighted by atomic mass is 9.96. The average Bonchev–Trinajstić information content (AvgIpc) is 2.45. The number of carboxylic acids is 1. The highest BCUT2D eigenvalue weighted by Gasteiger charge is 2.26. The van der Waals surface area contributed by atoms with Crippen molar-refractivity contribution < 1.29 is 19.5 Å². The number of hydrogen-bond acceptors (Lipinski definition) is 3. The van der Waals surface area contributed by atoms with Crippen LogP contribution in [0.4, 0.5) is 0 Å². The first-order valence-corrected chi connectivity index (χ1v) is 7.02. The van der Waals surface area contributed by atoms with E-state index < -0.39 is 5.97 Å². The van der Waals surface area contributed by atoms with Crippen molar-refractivity contribution in [2.24, 2.45) is 5.92 Å². The molecule has 0 bridgehead atoms. The van der Waals surface area contributed by atoms with Gasteiger partial charge in [0, 0.05) is 37.7 Å². The summed E-state index contributed by atoms with van der Waals surface area (Å²) in [6, 6.07) is 0. The average molecular weight is 282 g/mol. The first kappa shape index (κ1) is 16.2. The molecule has 1 heterocycles. The van der Waals surface area contributed by atoms with Gasteiger partial charge in [-0.3, -0.25) is 9.59 Å². The largest absolute Gasteiger partial charge is 0.478 e. The van der Waals surface area contributed by atoms with E-state index in [2.05, 4.69) is 12.2 Å². The second-order valence-corrected chi connectivity index (χ2v) is 4.92. The molecule has 0 unspecified atom stereocenters. The first-order valence-electron chi connectivity index (χ1n) is 7.02. The number of carbonyl (C=O) groups is 3. The van der Waals surface area contributed by atoms with Gasteiger partial charge in [-0.15, -0.1) is 0 Å². The fourth-order valence-electron chi connectivity index (χ4n) is 2.14. The second kappa shape index (κ2) is 8.35. The van der Waals surface area contributed by atoms with Crippen molar-refractivity contribution in [1.82, 2.24) is 10.2 Å². The smallest absolute Gasteiger partial charge is 0.328 e. The number of nitrogens with zero attached hydrogens (tertiary/aromatic N) is 1. The molecule has 0 radical (unpaired) electrons. The predicted octanol–water partition coefficient (Wildman–Crippen LogP) is 0.782. The summed E-state index contributed by atoms with van der Waals surface area (Å²) >= 11 is 0. The Morgan fingerprint density at radius 1 is 1.25 bits per heavy atom. The molecule has 0 spiro atoms. The summed E-state index contributed by atoms with van der Waals surface area (Å²) in [6.45, 7) is 3.76. The van der Waals surface area contributed by atoms with Gasteiger partial charge in [0.2, 0.25) is 11.8 Å². The zero-order valence-corrected chi connectivity index (χ0v) is 11.8. The molecule has 1 saturated heterocycles. The molecule has 112 valence electrons. The summed E-state index contributed by atoms with van der Waals surface area (Å²) in [4.78, 5) is 35.4. The monoisotopic (exact) mass is 282 g/mol. The number of rotatable bonds is 6. The molecule has 20 heavy (non-hydrogen) atoms. The molecule has 0 aromatic rings. The number of piperidine rings is 1. The molecule has 0 aliphatic carbocycles. The van der Waals surface area contributed by atoms with Crippen LogP contribution < -0.4 is 5.32 Å². The number of carbonyl (C=O) groups excluding carboxylic acids is 2. The van der Waals surface area contributed by atoms with Gasteiger partial charge in [-0.1, -0.05) is 13.3 Å². The van der Waals surface area contributed by atoms with Crippen LogP contribution in [0.25, 0.3) is 0 Å². The predicted molar refractivity (Wildman–Crippen MR) is 74.0 cm³/mol. The third-order valence-corrected chi connectivity index (χ3v) is 3.38. The number of carboxylic acid groups (broad SMARTS) is 1. The van der Waals surface area contributed by atoms with Crippen molar-refractivity contribution in [2.75, 3.05) is 19.6 Å². The van der Waals surface area contributed by atoms with Gasteiger partial charge < -0.3 is 15.3 Å². The standard InChI is InChI=1S/C14H22N2O4/c1-2-3-8-15-14(20)11-6-9-16(10-7-11)12(17)4-5-13(18)19/h4-5,11H,2-3,6-10H2,1H3,(H,15,20)(H,18,19)/b5-4+. The van der Waals surface area contributed by atoms with Gasteiger partial charge in [-0.2, -0.15) is 0 Å². The summed E-state index contributed by atoms with van der Waals surface area (Å²) < 4.78 is 0. The van der Waals surface area contributed by atoms with Crippen molar-refractivity contribution in [3.63, 3.8) is 0 Å². The maximum atomic E-state index is 11.9. The van der Waals surface area contributed by atoms with Crippen LogP contribution in [0.2, 0.25) is 0 Å². The lowest BCUT2D eigenvalue weighted by molar-refractivity contribution is -0.133. The van der Waals surface area contributed by atoms with E-state index in [0.717, 1.165) is 25.0 Å². The Bertz CT molecular complexity index is 385. The summed E-state index contributed by atoms with van der Waals surface area (Å²) in [7, 11) is 0. The SMILES string of the molecule is CCCCNC(=O)C1CCN(C(=O)/C=C/C(=O)O)CC1. The maximum Gasteiger partial charge on any atom is 0.328 e. The number of nitrogens with one attached hydrogen (secondary N) is 1. The number of hydrogen-bond donors (Lipinski definition) is 2.